The molecule has 3 heterocycles. The van der Waals surface area contributed by atoms with Crippen molar-refractivity contribution in [2.45, 2.75) is 12.6 Å². The highest BCUT2D eigenvalue weighted by molar-refractivity contribution is 7.16. The second-order valence-corrected chi connectivity index (χ2v) is 8.32. The molecule has 2 saturated heterocycles. The van der Waals surface area contributed by atoms with Crippen molar-refractivity contribution in [2.75, 3.05) is 24.5 Å². The average Bonchev–Trinajstić information content (AvgIpc) is 3.11. The van der Waals surface area contributed by atoms with Crippen LogP contribution in [0, 0.1) is 0 Å². The molecule has 1 atom stereocenters. The number of amides is 3. The van der Waals surface area contributed by atoms with E-state index in [0.29, 0.717) is 23.8 Å². The van der Waals surface area contributed by atoms with Gasteiger partial charge < -0.3 is 4.90 Å². The summed E-state index contributed by atoms with van der Waals surface area (Å²) in [5.41, 5.74) is 0.561. The topological polar surface area (TPSA) is 43.9 Å². The molecular formula is C17H15Cl2N3O2S. The first kappa shape index (κ1) is 16.8. The van der Waals surface area contributed by atoms with E-state index in [4.69, 9.17) is 23.2 Å². The van der Waals surface area contributed by atoms with Gasteiger partial charge in [0.1, 0.15) is 6.04 Å². The van der Waals surface area contributed by atoms with Crippen molar-refractivity contribution < 1.29 is 9.59 Å². The van der Waals surface area contributed by atoms with Crippen molar-refractivity contribution in [2.24, 2.45) is 0 Å². The summed E-state index contributed by atoms with van der Waals surface area (Å²) in [5, 5.41) is 0.571. The van der Waals surface area contributed by atoms with E-state index in [2.05, 4.69) is 4.90 Å². The fraction of sp³-hybridized carbons (Fsp3) is 0.294. The lowest BCUT2D eigenvalue weighted by Crippen LogP contribution is -2.52. The summed E-state index contributed by atoms with van der Waals surface area (Å²) in [6, 6.07) is 9.95. The highest BCUT2D eigenvalue weighted by Gasteiger charge is 2.48. The number of urea groups is 1. The standard InChI is InChI=1S/C17H15Cl2N3O2S/c18-11-1-3-12(4-2-11)22-16(23)14-10-20(7-8-21(14)17(22)24)9-13-5-6-15(19)25-13/h1-6,14H,7-10H2. The predicted molar refractivity (Wildman–Crippen MR) is 99.4 cm³/mol. The molecular weight excluding hydrogens is 381 g/mol. The second kappa shape index (κ2) is 6.61. The molecule has 4 rings (SSSR count). The molecule has 3 amide bonds. The van der Waals surface area contributed by atoms with Crippen LogP contribution in [0.4, 0.5) is 10.5 Å². The summed E-state index contributed by atoms with van der Waals surface area (Å²) in [6.45, 7) is 2.55. The predicted octanol–water partition coefficient (Wildman–Crippen LogP) is 3.71. The van der Waals surface area contributed by atoms with Gasteiger partial charge in [-0.2, -0.15) is 0 Å². The van der Waals surface area contributed by atoms with Gasteiger partial charge in [-0.25, -0.2) is 9.69 Å². The number of benzene rings is 1. The van der Waals surface area contributed by atoms with E-state index < -0.39 is 6.04 Å². The summed E-state index contributed by atoms with van der Waals surface area (Å²) >= 11 is 13.4. The Bertz CT molecular complexity index is 824. The van der Waals surface area contributed by atoms with Gasteiger partial charge in [0.2, 0.25) is 0 Å². The Morgan fingerprint density at radius 2 is 1.80 bits per heavy atom. The van der Waals surface area contributed by atoms with Gasteiger partial charge >= 0.3 is 6.03 Å². The number of carbonyl (C=O) groups is 2. The van der Waals surface area contributed by atoms with E-state index in [9.17, 15) is 9.59 Å². The van der Waals surface area contributed by atoms with Crippen molar-refractivity contribution >= 4 is 52.2 Å². The van der Waals surface area contributed by atoms with Gasteiger partial charge in [0.05, 0.1) is 10.0 Å². The van der Waals surface area contributed by atoms with Gasteiger partial charge in [-0.05, 0) is 36.4 Å². The molecule has 2 aliphatic rings. The third-order valence-electron chi connectivity index (χ3n) is 4.50. The second-order valence-electron chi connectivity index (χ2n) is 6.08. The summed E-state index contributed by atoms with van der Waals surface area (Å²) in [4.78, 5) is 31.8. The number of fused-ring (bicyclic) bond motifs is 1. The van der Waals surface area contributed by atoms with Crippen molar-refractivity contribution in [3.05, 3.63) is 50.6 Å². The Labute approximate surface area is 159 Å². The smallest absolute Gasteiger partial charge is 0.309 e. The van der Waals surface area contributed by atoms with Crippen LogP contribution in [0.15, 0.2) is 36.4 Å². The maximum Gasteiger partial charge on any atom is 0.332 e. The van der Waals surface area contributed by atoms with Gasteiger partial charge in [-0.3, -0.25) is 9.69 Å². The molecule has 0 spiro atoms. The largest absolute Gasteiger partial charge is 0.332 e. The van der Waals surface area contributed by atoms with Crippen LogP contribution in [0.1, 0.15) is 4.88 Å². The van der Waals surface area contributed by atoms with Crippen LogP contribution in [-0.4, -0.2) is 47.4 Å². The van der Waals surface area contributed by atoms with Crippen LogP contribution in [0.3, 0.4) is 0 Å². The monoisotopic (exact) mass is 395 g/mol. The Morgan fingerprint density at radius 3 is 2.48 bits per heavy atom. The first-order valence-electron chi connectivity index (χ1n) is 7.89. The molecule has 0 radical (unpaired) electrons. The SMILES string of the molecule is O=C1C2CN(Cc3ccc(Cl)s3)CCN2C(=O)N1c1ccc(Cl)cc1. The quantitative estimate of drug-likeness (QED) is 0.743. The number of piperazine rings is 1. The minimum Gasteiger partial charge on any atom is -0.309 e. The van der Waals surface area contributed by atoms with Crippen LogP contribution in [0.2, 0.25) is 9.36 Å². The molecule has 0 N–H and O–H groups in total. The van der Waals surface area contributed by atoms with Crippen LogP contribution in [0.25, 0.3) is 0 Å². The minimum absolute atomic E-state index is 0.179. The van der Waals surface area contributed by atoms with Crippen LogP contribution in [0.5, 0.6) is 0 Å². The summed E-state index contributed by atoms with van der Waals surface area (Å²) < 4.78 is 0.759. The number of carbonyl (C=O) groups excluding carboxylic acids is 2. The van der Waals surface area contributed by atoms with Gasteiger partial charge in [-0.15, -0.1) is 11.3 Å². The molecule has 2 aromatic rings. The summed E-state index contributed by atoms with van der Waals surface area (Å²) in [5.74, 6) is -0.179. The maximum atomic E-state index is 12.8. The first-order chi connectivity index (χ1) is 12.0. The highest BCUT2D eigenvalue weighted by atomic mass is 35.5. The number of hydrogen-bond donors (Lipinski definition) is 0. The Kier molecular flexibility index (Phi) is 4.45. The lowest BCUT2D eigenvalue weighted by molar-refractivity contribution is -0.121. The molecule has 1 unspecified atom stereocenters. The lowest BCUT2D eigenvalue weighted by atomic mass is 10.2. The van der Waals surface area contributed by atoms with Gasteiger partial charge in [-0.1, -0.05) is 23.2 Å². The first-order valence-corrected chi connectivity index (χ1v) is 9.47. The molecule has 0 saturated carbocycles. The molecule has 1 aromatic carbocycles. The normalized spacial score (nSPS) is 21.1. The Hall–Kier alpha value is -1.60. The molecule has 5 nitrogen and oxygen atoms in total. The number of nitrogens with zero attached hydrogens (tertiary/aromatic N) is 3. The maximum absolute atomic E-state index is 12.8. The minimum atomic E-state index is -0.438. The van der Waals surface area contributed by atoms with Crippen LogP contribution in [-0.2, 0) is 11.3 Å². The highest BCUT2D eigenvalue weighted by Crippen LogP contribution is 2.30. The third-order valence-corrected chi connectivity index (χ3v) is 5.97. The number of hydrogen-bond acceptors (Lipinski definition) is 4. The van der Waals surface area contributed by atoms with E-state index in [0.717, 1.165) is 22.3 Å². The van der Waals surface area contributed by atoms with E-state index >= 15 is 0 Å². The van der Waals surface area contributed by atoms with Crippen LogP contribution < -0.4 is 4.90 Å². The number of halogens is 2. The molecule has 0 aliphatic carbocycles. The van der Waals surface area contributed by atoms with Gasteiger partial charge in [0.15, 0.2) is 0 Å². The van der Waals surface area contributed by atoms with E-state index in [1.165, 1.54) is 4.90 Å². The number of anilines is 1. The fourth-order valence-corrected chi connectivity index (χ4v) is 4.54. The van der Waals surface area contributed by atoms with Crippen molar-refractivity contribution in [1.29, 1.82) is 0 Å². The molecule has 2 aliphatic heterocycles. The summed E-state index contributed by atoms with van der Waals surface area (Å²) in [7, 11) is 0. The van der Waals surface area contributed by atoms with E-state index in [1.54, 1.807) is 40.5 Å². The number of thiophene rings is 1. The lowest BCUT2D eigenvalue weighted by Gasteiger charge is -2.34. The van der Waals surface area contributed by atoms with Crippen molar-refractivity contribution in [3.8, 4) is 0 Å². The third kappa shape index (κ3) is 3.15. The molecule has 25 heavy (non-hydrogen) atoms. The zero-order chi connectivity index (χ0) is 17.6. The molecule has 130 valence electrons. The molecule has 1 aromatic heterocycles. The zero-order valence-electron chi connectivity index (χ0n) is 13.2. The molecule has 2 fully saturated rings. The number of imide groups is 1. The molecule has 0 bridgehead atoms. The Morgan fingerprint density at radius 1 is 1.04 bits per heavy atom. The van der Waals surface area contributed by atoms with Crippen molar-refractivity contribution in [3.63, 3.8) is 0 Å². The van der Waals surface area contributed by atoms with E-state index in [-0.39, 0.29) is 11.9 Å². The zero-order valence-corrected chi connectivity index (χ0v) is 15.5. The molecule has 8 heteroatoms. The average molecular weight is 396 g/mol. The fourth-order valence-electron chi connectivity index (χ4n) is 3.28. The number of rotatable bonds is 3. The Balaban J connectivity index is 1.51. The van der Waals surface area contributed by atoms with Gasteiger partial charge in [0, 0.05) is 36.1 Å². The van der Waals surface area contributed by atoms with Crippen LogP contribution >= 0.6 is 34.5 Å². The van der Waals surface area contributed by atoms with E-state index in [1.807, 2.05) is 12.1 Å². The van der Waals surface area contributed by atoms with Gasteiger partial charge in [0.25, 0.3) is 5.91 Å². The van der Waals surface area contributed by atoms with Crippen molar-refractivity contribution in [1.82, 2.24) is 9.80 Å². The summed E-state index contributed by atoms with van der Waals surface area (Å²) in [6.07, 6.45) is 0.